The van der Waals surface area contributed by atoms with Gasteiger partial charge in [0.05, 0.1) is 5.56 Å². The van der Waals surface area contributed by atoms with Gasteiger partial charge >= 0.3 is 12.1 Å². The van der Waals surface area contributed by atoms with Gasteiger partial charge in [0.1, 0.15) is 17.7 Å². The summed E-state index contributed by atoms with van der Waals surface area (Å²) in [6.45, 7) is 7.94. The van der Waals surface area contributed by atoms with Gasteiger partial charge < -0.3 is 20.2 Å². The van der Waals surface area contributed by atoms with E-state index >= 15 is 0 Å². The van der Waals surface area contributed by atoms with Crippen LogP contribution < -0.4 is 16.1 Å². The summed E-state index contributed by atoms with van der Waals surface area (Å²) in [5, 5.41) is 4.76. The van der Waals surface area contributed by atoms with Crippen LogP contribution in [0.1, 0.15) is 45.0 Å². The lowest BCUT2D eigenvalue weighted by Crippen LogP contribution is -2.52. The lowest BCUT2D eigenvalue weighted by molar-refractivity contribution is -0.135. The van der Waals surface area contributed by atoms with Gasteiger partial charge in [-0.25, -0.2) is 9.59 Å². The third-order valence-corrected chi connectivity index (χ3v) is 3.13. The van der Waals surface area contributed by atoms with Crippen LogP contribution in [0.2, 0.25) is 0 Å². The van der Waals surface area contributed by atoms with Gasteiger partial charge in [-0.2, -0.15) is 5.48 Å². The van der Waals surface area contributed by atoms with Crippen LogP contribution in [0.4, 0.5) is 4.79 Å². The third-order valence-electron chi connectivity index (χ3n) is 3.13. The number of alkyl carbamates (subject to hydrolysis) is 1. The Kier molecular flexibility index (Phi) is 7.77. The van der Waals surface area contributed by atoms with Gasteiger partial charge in [-0.05, 0) is 46.8 Å². The molecule has 0 saturated heterocycles. The zero-order chi connectivity index (χ0) is 20.6. The number of benzene rings is 1. The molecule has 0 aliphatic heterocycles. The van der Waals surface area contributed by atoms with Crippen LogP contribution in [-0.2, 0) is 19.2 Å². The molecule has 3 N–H and O–H groups in total. The molecule has 0 bridgehead atoms. The highest BCUT2D eigenvalue weighted by molar-refractivity contribution is 5.93. The predicted octanol–water partition coefficient (Wildman–Crippen LogP) is 1.29. The van der Waals surface area contributed by atoms with Crippen LogP contribution in [0.3, 0.4) is 0 Å². The number of hydrogen-bond donors (Lipinski definition) is 3. The number of ether oxygens (including phenoxy) is 1. The molecule has 0 unspecified atom stereocenters. The summed E-state index contributed by atoms with van der Waals surface area (Å²) >= 11 is 0. The highest BCUT2D eigenvalue weighted by Crippen LogP contribution is 2.06. The lowest BCUT2D eigenvalue weighted by atomic mass is 10.2. The van der Waals surface area contributed by atoms with Crippen molar-refractivity contribution in [1.82, 2.24) is 16.1 Å². The summed E-state index contributed by atoms with van der Waals surface area (Å²) in [5.74, 6) is -2.06. The Labute approximate surface area is 157 Å². The molecule has 148 valence electrons. The Morgan fingerprint density at radius 3 is 2.00 bits per heavy atom. The van der Waals surface area contributed by atoms with Gasteiger partial charge in [-0.15, -0.1) is 0 Å². The number of carbonyl (C=O) groups is 4. The van der Waals surface area contributed by atoms with Crippen molar-refractivity contribution < 1.29 is 28.8 Å². The van der Waals surface area contributed by atoms with Crippen molar-refractivity contribution in [1.29, 1.82) is 0 Å². The summed E-state index contributed by atoms with van der Waals surface area (Å²) in [4.78, 5) is 52.1. The zero-order valence-electron chi connectivity index (χ0n) is 16.0. The van der Waals surface area contributed by atoms with E-state index in [2.05, 4.69) is 10.6 Å². The van der Waals surface area contributed by atoms with Crippen LogP contribution in [0.5, 0.6) is 0 Å². The zero-order valence-corrected chi connectivity index (χ0v) is 16.0. The number of carbonyl (C=O) groups excluding carboxylic acids is 4. The molecule has 27 heavy (non-hydrogen) atoms. The molecule has 0 saturated carbocycles. The molecular formula is C18H25N3O6. The van der Waals surface area contributed by atoms with Gasteiger partial charge in [0, 0.05) is 0 Å². The van der Waals surface area contributed by atoms with Gasteiger partial charge in [0.2, 0.25) is 5.91 Å². The van der Waals surface area contributed by atoms with Crippen molar-refractivity contribution >= 4 is 23.9 Å². The maximum atomic E-state index is 12.0. The van der Waals surface area contributed by atoms with Crippen molar-refractivity contribution in [2.24, 2.45) is 0 Å². The van der Waals surface area contributed by atoms with E-state index in [1.165, 1.54) is 26.0 Å². The summed E-state index contributed by atoms with van der Waals surface area (Å²) in [6.07, 6.45) is -0.751. The minimum atomic E-state index is -0.996. The minimum absolute atomic E-state index is 0.268. The Balaban J connectivity index is 2.43. The van der Waals surface area contributed by atoms with E-state index in [4.69, 9.17) is 9.57 Å². The normalized spacial score (nSPS) is 12.9. The molecule has 0 fully saturated rings. The lowest BCUT2D eigenvalue weighted by Gasteiger charge is -2.22. The quantitative estimate of drug-likeness (QED) is 0.663. The number of nitrogens with one attached hydrogen (secondary N) is 3. The molecule has 1 rings (SSSR count). The fraction of sp³-hybridized carbons (Fsp3) is 0.444. The van der Waals surface area contributed by atoms with Crippen molar-refractivity contribution in [3.05, 3.63) is 35.9 Å². The highest BCUT2D eigenvalue weighted by Gasteiger charge is 2.24. The largest absolute Gasteiger partial charge is 0.444 e. The Morgan fingerprint density at radius 2 is 1.44 bits per heavy atom. The molecule has 0 spiro atoms. The average molecular weight is 379 g/mol. The van der Waals surface area contributed by atoms with E-state index in [0.717, 1.165) is 0 Å². The molecule has 9 nitrogen and oxygen atoms in total. The van der Waals surface area contributed by atoms with E-state index in [0.29, 0.717) is 0 Å². The van der Waals surface area contributed by atoms with E-state index in [9.17, 15) is 19.2 Å². The van der Waals surface area contributed by atoms with Gasteiger partial charge in [-0.3, -0.25) is 9.59 Å². The van der Waals surface area contributed by atoms with Crippen LogP contribution in [0.25, 0.3) is 0 Å². The topological polar surface area (TPSA) is 123 Å². The number of hydrogen-bond acceptors (Lipinski definition) is 6. The molecule has 9 heteroatoms. The third kappa shape index (κ3) is 8.21. The summed E-state index contributed by atoms with van der Waals surface area (Å²) in [5.41, 5.74) is 1.55. The molecule has 3 amide bonds. The summed E-state index contributed by atoms with van der Waals surface area (Å²) < 4.78 is 5.05. The first-order valence-electron chi connectivity index (χ1n) is 8.35. The highest BCUT2D eigenvalue weighted by atomic mass is 16.7. The maximum Gasteiger partial charge on any atom is 0.408 e. The van der Waals surface area contributed by atoms with Gasteiger partial charge in [-0.1, -0.05) is 18.2 Å². The molecule has 1 aromatic carbocycles. The SMILES string of the molecule is C[C@H](NC(=O)OC(C)(C)C)C(=O)N[C@@H](C)C(=O)NOC(=O)c1ccccc1. The molecule has 1 aromatic rings. The Morgan fingerprint density at radius 1 is 0.889 bits per heavy atom. The van der Waals surface area contributed by atoms with E-state index < -0.39 is 41.6 Å². The van der Waals surface area contributed by atoms with E-state index in [1.807, 2.05) is 5.48 Å². The maximum absolute atomic E-state index is 12.0. The van der Waals surface area contributed by atoms with Crippen molar-refractivity contribution in [2.75, 3.05) is 0 Å². The first-order chi connectivity index (χ1) is 12.5. The van der Waals surface area contributed by atoms with Gasteiger partial charge in [0.15, 0.2) is 0 Å². The second kappa shape index (κ2) is 9.56. The van der Waals surface area contributed by atoms with Crippen LogP contribution in [0.15, 0.2) is 30.3 Å². The Hall–Kier alpha value is -3.10. The standard InChI is InChI=1S/C18H25N3O6/c1-11(20-17(25)26-18(3,4)5)14(22)19-12(2)15(23)21-27-16(24)13-9-7-6-8-10-13/h6-12H,1-5H3,(H,19,22)(H,20,25)(H,21,23)/t11-,12-/m0/s1. The van der Waals surface area contributed by atoms with Crippen molar-refractivity contribution in [2.45, 2.75) is 52.3 Å². The number of rotatable bonds is 5. The van der Waals surface area contributed by atoms with E-state index in [1.54, 1.807) is 39.0 Å². The Bertz CT molecular complexity index is 684. The molecule has 0 heterocycles. The molecule has 0 aliphatic rings. The first-order valence-corrected chi connectivity index (χ1v) is 8.35. The van der Waals surface area contributed by atoms with E-state index in [-0.39, 0.29) is 5.56 Å². The first kappa shape index (κ1) is 21.9. The molecule has 0 aromatic heterocycles. The molecule has 0 aliphatic carbocycles. The van der Waals surface area contributed by atoms with Crippen LogP contribution in [-0.4, -0.2) is 41.6 Å². The minimum Gasteiger partial charge on any atom is -0.444 e. The molecule has 0 radical (unpaired) electrons. The predicted molar refractivity (Wildman–Crippen MR) is 96.4 cm³/mol. The second-order valence-corrected chi connectivity index (χ2v) is 6.82. The van der Waals surface area contributed by atoms with Crippen molar-refractivity contribution in [3.63, 3.8) is 0 Å². The summed E-state index contributed by atoms with van der Waals surface area (Å²) in [6, 6.07) is 6.18. The van der Waals surface area contributed by atoms with Crippen LogP contribution in [0, 0.1) is 0 Å². The molecule has 2 atom stereocenters. The fourth-order valence-corrected chi connectivity index (χ4v) is 1.77. The van der Waals surface area contributed by atoms with Gasteiger partial charge in [0.25, 0.3) is 5.91 Å². The number of hydroxylamine groups is 1. The fourth-order valence-electron chi connectivity index (χ4n) is 1.77. The van der Waals surface area contributed by atoms with Crippen LogP contribution >= 0.6 is 0 Å². The van der Waals surface area contributed by atoms with Crippen molar-refractivity contribution in [3.8, 4) is 0 Å². The smallest absolute Gasteiger partial charge is 0.408 e. The monoisotopic (exact) mass is 379 g/mol. The average Bonchev–Trinajstić information content (AvgIpc) is 2.58. The number of amides is 3. The summed E-state index contributed by atoms with van der Waals surface area (Å²) in [7, 11) is 0. The molecular weight excluding hydrogens is 354 g/mol. The second-order valence-electron chi connectivity index (χ2n) is 6.82.